The number of aromatic hydroxyl groups is 1. The lowest BCUT2D eigenvalue weighted by Crippen LogP contribution is -2.49. The first kappa shape index (κ1) is 15.0. The van der Waals surface area contributed by atoms with Gasteiger partial charge in [0.25, 0.3) is 11.5 Å². The maximum Gasteiger partial charge on any atom is 0.254 e. The molecule has 1 aliphatic heterocycles. The van der Waals surface area contributed by atoms with Gasteiger partial charge in [0.1, 0.15) is 0 Å². The molecule has 2 heterocycles. The van der Waals surface area contributed by atoms with E-state index in [1.165, 1.54) is 11.0 Å². The number of nitrogens with two attached hydrogens (primary N) is 1. The van der Waals surface area contributed by atoms with Gasteiger partial charge in [-0.15, -0.1) is 0 Å². The van der Waals surface area contributed by atoms with E-state index in [2.05, 4.69) is 10.3 Å². The van der Waals surface area contributed by atoms with E-state index in [1.807, 2.05) is 0 Å². The number of piperidine rings is 1. The maximum absolute atomic E-state index is 12.5. The molecular weight excluding hydrogens is 276 g/mol. The molecule has 1 aromatic heterocycles. The van der Waals surface area contributed by atoms with E-state index in [9.17, 15) is 19.5 Å². The van der Waals surface area contributed by atoms with Gasteiger partial charge in [-0.1, -0.05) is 0 Å². The van der Waals surface area contributed by atoms with Gasteiger partial charge in [0.05, 0.1) is 12.1 Å². The molecule has 0 radical (unpaired) electrons. The minimum absolute atomic E-state index is 0.0380. The Morgan fingerprint density at radius 2 is 2.00 bits per heavy atom. The number of nitrogens with zero attached hydrogens (tertiary/aromatic N) is 1. The van der Waals surface area contributed by atoms with Crippen LogP contribution in [0.25, 0.3) is 0 Å². The van der Waals surface area contributed by atoms with Crippen LogP contribution in [-0.2, 0) is 4.79 Å². The van der Waals surface area contributed by atoms with Gasteiger partial charge in [-0.05, 0) is 25.9 Å². The number of rotatable bonds is 4. The van der Waals surface area contributed by atoms with Crippen molar-refractivity contribution in [1.82, 2.24) is 15.2 Å². The number of pyridine rings is 1. The van der Waals surface area contributed by atoms with Crippen molar-refractivity contribution >= 4 is 11.8 Å². The first-order valence-electron chi connectivity index (χ1n) is 6.70. The largest absolute Gasteiger partial charge is 0.494 e. The molecule has 0 spiro atoms. The second-order valence-electron chi connectivity index (χ2n) is 5.00. The number of aromatic nitrogens is 1. The summed E-state index contributed by atoms with van der Waals surface area (Å²) >= 11 is 0. The summed E-state index contributed by atoms with van der Waals surface area (Å²) in [6.07, 6.45) is 1.41. The summed E-state index contributed by atoms with van der Waals surface area (Å²) < 4.78 is 0. The molecule has 0 aromatic carbocycles. The summed E-state index contributed by atoms with van der Waals surface area (Å²) in [6.45, 7) is 1.28. The molecule has 8 nitrogen and oxygen atoms in total. The Hall–Kier alpha value is -2.35. The zero-order valence-electron chi connectivity index (χ0n) is 11.5. The highest BCUT2D eigenvalue weighted by molar-refractivity contribution is 5.96. The molecule has 1 fully saturated rings. The van der Waals surface area contributed by atoms with Crippen LogP contribution in [0.3, 0.4) is 0 Å². The van der Waals surface area contributed by atoms with Gasteiger partial charge in [0.2, 0.25) is 5.91 Å². The molecule has 114 valence electrons. The van der Waals surface area contributed by atoms with Crippen molar-refractivity contribution in [1.29, 1.82) is 0 Å². The fraction of sp³-hybridized carbons (Fsp3) is 0.462. The molecule has 1 saturated heterocycles. The standard InChI is InChI=1S/C13H18N4O4/c14-10(18)7-17(9-1-3-15-4-2-9)13(21)8-5-11(19)16-12(20)6-8/h5-6,9,15H,1-4,7H2,(H2,14,18)(H2,16,19,20). The predicted octanol–water partition coefficient (Wildman–Crippen LogP) is -1.24. The van der Waals surface area contributed by atoms with E-state index in [0.29, 0.717) is 12.8 Å². The number of amides is 2. The van der Waals surface area contributed by atoms with Crippen molar-refractivity contribution in [2.24, 2.45) is 5.73 Å². The quantitative estimate of drug-likeness (QED) is 0.552. The van der Waals surface area contributed by atoms with Crippen LogP contribution in [0.15, 0.2) is 16.9 Å². The van der Waals surface area contributed by atoms with E-state index in [1.54, 1.807) is 0 Å². The minimum atomic E-state index is -0.615. The van der Waals surface area contributed by atoms with Crippen molar-refractivity contribution < 1.29 is 14.7 Å². The molecule has 0 aliphatic carbocycles. The maximum atomic E-state index is 12.5. The molecule has 2 rings (SSSR count). The Kier molecular flexibility index (Phi) is 4.59. The Morgan fingerprint density at radius 3 is 2.57 bits per heavy atom. The monoisotopic (exact) mass is 294 g/mol. The van der Waals surface area contributed by atoms with Gasteiger partial charge in [-0.25, -0.2) is 0 Å². The van der Waals surface area contributed by atoms with Gasteiger partial charge < -0.3 is 21.1 Å². The number of aromatic amines is 1. The lowest BCUT2D eigenvalue weighted by atomic mass is 10.0. The third kappa shape index (κ3) is 3.82. The summed E-state index contributed by atoms with van der Waals surface area (Å²) in [6, 6.07) is 2.14. The molecule has 2 amide bonds. The predicted molar refractivity (Wildman–Crippen MR) is 74.9 cm³/mol. The molecule has 1 aliphatic rings. The van der Waals surface area contributed by atoms with Crippen LogP contribution in [0.4, 0.5) is 0 Å². The summed E-state index contributed by atoms with van der Waals surface area (Å²) in [5.41, 5.74) is 4.67. The summed E-state index contributed by atoms with van der Waals surface area (Å²) in [5.74, 6) is -1.49. The number of carbonyl (C=O) groups is 2. The third-order valence-electron chi connectivity index (χ3n) is 3.41. The molecule has 0 atom stereocenters. The highest BCUT2D eigenvalue weighted by Gasteiger charge is 2.27. The zero-order valence-corrected chi connectivity index (χ0v) is 11.5. The van der Waals surface area contributed by atoms with Crippen molar-refractivity contribution in [2.45, 2.75) is 18.9 Å². The minimum Gasteiger partial charge on any atom is -0.494 e. The van der Waals surface area contributed by atoms with Gasteiger partial charge in [0, 0.05) is 18.2 Å². The highest BCUT2D eigenvalue weighted by Crippen LogP contribution is 2.16. The van der Waals surface area contributed by atoms with Crippen molar-refractivity contribution in [3.8, 4) is 5.88 Å². The Balaban J connectivity index is 2.28. The average molecular weight is 294 g/mol. The number of H-pyrrole nitrogens is 1. The van der Waals surface area contributed by atoms with Crippen molar-refractivity contribution in [3.05, 3.63) is 28.0 Å². The van der Waals surface area contributed by atoms with Crippen LogP contribution in [0.1, 0.15) is 23.2 Å². The molecule has 21 heavy (non-hydrogen) atoms. The number of primary amides is 1. The third-order valence-corrected chi connectivity index (χ3v) is 3.41. The zero-order chi connectivity index (χ0) is 15.4. The first-order valence-corrected chi connectivity index (χ1v) is 6.70. The molecular formula is C13H18N4O4. The van der Waals surface area contributed by atoms with E-state index in [-0.39, 0.29) is 18.2 Å². The van der Waals surface area contributed by atoms with Gasteiger partial charge in [-0.3, -0.25) is 19.4 Å². The highest BCUT2D eigenvalue weighted by atomic mass is 16.3. The Bertz CT molecular complexity index is 592. The second-order valence-corrected chi connectivity index (χ2v) is 5.00. The van der Waals surface area contributed by atoms with Gasteiger partial charge in [-0.2, -0.15) is 0 Å². The lowest BCUT2D eigenvalue weighted by Gasteiger charge is -2.33. The van der Waals surface area contributed by atoms with Crippen molar-refractivity contribution in [3.63, 3.8) is 0 Å². The topological polar surface area (TPSA) is 129 Å². The summed E-state index contributed by atoms with van der Waals surface area (Å²) in [4.78, 5) is 38.6. The van der Waals surface area contributed by atoms with Crippen LogP contribution in [0.2, 0.25) is 0 Å². The van der Waals surface area contributed by atoms with E-state index < -0.39 is 23.3 Å². The van der Waals surface area contributed by atoms with Crippen LogP contribution in [0, 0.1) is 0 Å². The molecule has 1 aromatic rings. The van der Waals surface area contributed by atoms with Gasteiger partial charge in [0.15, 0.2) is 5.88 Å². The molecule has 0 saturated carbocycles. The smallest absolute Gasteiger partial charge is 0.254 e. The normalized spacial score (nSPS) is 15.6. The van der Waals surface area contributed by atoms with Crippen LogP contribution in [-0.4, -0.2) is 52.5 Å². The summed E-state index contributed by atoms with van der Waals surface area (Å²) in [7, 11) is 0. The Labute approximate surface area is 120 Å². The Morgan fingerprint density at radius 1 is 1.33 bits per heavy atom. The molecule has 8 heteroatoms. The fourth-order valence-electron chi connectivity index (χ4n) is 2.47. The molecule has 0 bridgehead atoms. The van der Waals surface area contributed by atoms with Crippen LogP contribution >= 0.6 is 0 Å². The van der Waals surface area contributed by atoms with E-state index in [0.717, 1.165) is 19.2 Å². The summed E-state index contributed by atoms with van der Waals surface area (Å²) in [5, 5.41) is 12.6. The fourth-order valence-corrected chi connectivity index (χ4v) is 2.47. The number of carbonyl (C=O) groups excluding carboxylic acids is 2. The van der Waals surface area contributed by atoms with Gasteiger partial charge >= 0.3 is 0 Å². The van der Waals surface area contributed by atoms with E-state index >= 15 is 0 Å². The SMILES string of the molecule is NC(=O)CN(C(=O)c1cc(O)[nH]c(=O)c1)C1CCNCC1. The first-order chi connectivity index (χ1) is 9.97. The lowest BCUT2D eigenvalue weighted by molar-refractivity contribution is -0.119. The number of hydrogen-bond donors (Lipinski definition) is 4. The number of nitrogens with one attached hydrogen (secondary N) is 2. The molecule has 0 unspecified atom stereocenters. The average Bonchev–Trinajstić information content (AvgIpc) is 2.44. The van der Waals surface area contributed by atoms with Crippen molar-refractivity contribution in [2.75, 3.05) is 19.6 Å². The van der Waals surface area contributed by atoms with E-state index in [4.69, 9.17) is 5.73 Å². The van der Waals surface area contributed by atoms with Crippen LogP contribution in [0.5, 0.6) is 5.88 Å². The molecule has 5 N–H and O–H groups in total. The number of hydrogen-bond acceptors (Lipinski definition) is 5. The second kappa shape index (κ2) is 6.40. The van der Waals surface area contributed by atoms with Crippen LogP contribution < -0.4 is 16.6 Å².